The molecule has 0 saturated carbocycles. The van der Waals surface area contributed by atoms with E-state index in [9.17, 15) is 4.79 Å². The number of hydrogen-bond acceptors (Lipinski definition) is 2. The molecule has 3 heteroatoms. The summed E-state index contributed by atoms with van der Waals surface area (Å²) in [6.07, 6.45) is 0.829. The summed E-state index contributed by atoms with van der Waals surface area (Å²) in [5, 5.41) is 3.16. The number of carbonyl (C=O) groups is 1. The van der Waals surface area contributed by atoms with Gasteiger partial charge in [0.25, 0.3) is 0 Å². The largest absolute Gasteiger partial charge is 0.497 e. The van der Waals surface area contributed by atoms with Crippen LogP contribution in [0.25, 0.3) is 0 Å². The number of methoxy groups -OCH3 is 1. The number of ether oxygens (including phenoxy) is 1. The van der Waals surface area contributed by atoms with Gasteiger partial charge in [-0.05, 0) is 29.7 Å². The predicted molar refractivity (Wildman–Crippen MR) is 88.9 cm³/mol. The summed E-state index contributed by atoms with van der Waals surface area (Å²) in [5.74, 6) is 0.889. The average Bonchev–Trinajstić information content (AvgIpc) is 2.59. The Morgan fingerprint density at radius 3 is 2.18 bits per heavy atom. The summed E-state index contributed by atoms with van der Waals surface area (Å²) >= 11 is 0. The molecule has 0 bridgehead atoms. The van der Waals surface area contributed by atoms with Crippen molar-refractivity contribution in [1.29, 1.82) is 0 Å². The van der Waals surface area contributed by atoms with Crippen LogP contribution in [0.1, 0.15) is 37.4 Å². The highest BCUT2D eigenvalue weighted by molar-refractivity contribution is 5.79. The molecule has 0 aliphatic rings. The minimum atomic E-state index is -0.145. The number of hydrogen-bond donors (Lipinski definition) is 1. The van der Waals surface area contributed by atoms with Crippen LogP contribution >= 0.6 is 0 Å². The lowest BCUT2D eigenvalue weighted by Gasteiger charge is -2.22. The van der Waals surface area contributed by atoms with Gasteiger partial charge >= 0.3 is 0 Å². The van der Waals surface area contributed by atoms with Gasteiger partial charge < -0.3 is 10.1 Å². The lowest BCUT2D eigenvalue weighted by molar-refractivity contribution is -0.125. The van der Waals surface area contributed by atoms with Crippen LogP contribution in [0.5, 0.6) is 5.75 Å². The highest BCUT2D eigenvalue weighted by Gasteiger charge is 2.19. The van der Waals surface area contributed by atoms with E-state index in [0.29, 0.717) is 0 Å². The zero-order valence-electron chi connectivity index (χ0n) is 13.4. The molecule has 0 spiro atoms. The van der Waals surface area contributed by atoms with Crippen LogP contribution in [0.4, 0.5) is 0 Å². The van der Waals surface area contributed by atoms with Gasteiger partial charge in [0.05, 0.1) is 13.2 Å². The van der Waals surface area contributed by atoms with Crippen molar-refractivity contribution in [3.63, 3.8) is 0 Å². The number of nitrogens with one attached hydrogen (secondary N) is 1. The van der Waals surface area contributed by atoms with Crippen molar-refractivity contribution < 1.29 is 9.53 Å². The van der Waals surface area contributed by atoms with E-state index in [1.165, 1.54) is 0 Å². The van der Waals surface area contributed by atoms with Gasteiger partial charge in [0.15, 0.2) is 0 Å². The van der Waals surface area contributed by atoms with Gasteiger partial charge in [-0.3, -0.25) is 4.79 Å². The Hall–Kier alpha value is -2.29. The van der Waals surface area contributed by atoms with Gasteiger partial charge in [-0.2, -0.15) is 0 Å². The monoisotopic (exact) mass is 297 g/mol. The molecular formula is C19H23NO2. The molecule has 3 nitrogen and oxygen atoms in total. The first-order valence-electron chi connectivity index (χ1n) is 7.65. The van der Waals surface area contributed by atoms with E-state index in [4.69, 9.17) is 4.74 Å². The maximum absolute atomic E-state index is 12.3. The van der Waals surface area contributed by atoms with Crippen molar-refractivity contribution in [1.82, 2.24) is 5.32 Å². The number of rotatable bonds is 6. The summed E-state index contributed by atoms with van der Waals surface area (Å²) in [5.41, 5.74) is 2.12. The maximum Gasteiger partial charge on any atom is 0.223 e. The Balaban J connectivity index is 2.30. The normalized spacial score (nSPS) is 13.2. The molecule has 2 atom stereocenters. The molecule has 116 valence electrons. The molecule has 0 fully saturated rings. The van der Waals surface area contributed by atoms with Gasteiger partial charge in [0.1, 0.15) is 5.75 Å². The van der Waals surface area contributed by atoms with Crippen molar-refractivity contribution in [2.45, 2.75) is 26.3 Å². The second kappa shape index (κ2) is 7.64. The molecule has 0 aromatic heterocycles. The predicted octanol–water partition coefficient (Wildman–Crippen LogP) is 3.95. The molecule has 22 heavy (non-hydrogen) atoms. The van der Waals surface area contributed by atoms with Crippen molar-refractivity contribution in [2.24, 2.45) is 5.92 Å². The highest BCUT2D eigenvalue weighted by Crippen LogP contribution is 2.24. The molecule has 1 N–H and O–H groups in total. The van der Waals surface area contributed by atoms with E-state index in [2.05, 4.69) is 5.32 Å². The second-order valence-electron chi connectivity index (χ2n) is 5.43. The standard InChI is InChI=1S/C19H23NO2/c1-4-14(2)19(21)20-18(15-8-6-5-7-9-15)16-10-12-17(22-3)13-11-16/h5-14,18H,4H2,1-3H3,(H,20,21). The van der Waals surface area contributed by atoms with E-state index in [0.717, 1.165) is 23.3 Å². The number of amides is 1. The Kier molecular flexibility index (Phi) is 5.59. The van der Waals surface area contributed by atoms with Crippen LogP contribution in [0.3, 0.4) is 0 Å². The molecule has 2 aromatic carbocycles. The molecule has 0 aliphatic carbocycles. The molecule has 2 unspecified atom stereocenters. The van der Waals surface area contributed by atoms with E-state index in [1.807, 2.05) is 68.4 Å². The third kappa shape index (κ3) is 3.88. The third-order valence-electron chi connectivity index (χ3n) is 3.93. The SMILES string of the molecule is CCC(C)C(=O)NC(c1ccccc1)c1ccc(OC)cc1. The quantitative estimate of drug-likeness (QED) is 0.877. The van der Waals surface area contributed by atoms with Crippen LogP contribution < -0.4 is 10.1 Å². The van der Waals surface area contributed by atoms with Gasteiger partial charge in [0.2, 0.25) is 5.91 Å². The molecule has 2 rings (SSSR count). The van der Waals surface area contributed by atoms with Gasteiger partial charge in [-0.15, -0.1) is 0 Å². The third-order valence-corrected chi connectivity index (χ3v) is 3.93. The zero-order valence-corrected chi connectivity index (χ0v) is 13.4. The van der Waals surface area contributed by atoms with Gasteiger partial charge in [-0.1, -0.05) is 56.3 Å². The van der Waals surface area contributed by atoms with Crippen LogP contribution in [0, 0.1) is 5.92 Å². The molecule has 1 amide bonds. The summed E-state index contributed by atoms with van der Waals surface area (Å²) in [6, 6.07) is 17.7. The molecule has 0 radical (unpaired) electrons. The lowest BCUT2D eigenvalue weighted by Crippen LogP contribution is -2.33. The van der Waals surface area contributed by atoms with E-state index < -0.39 is 0 Å². The Labute approximate surface area is 132 Å². The highest BCUT2D eigenvalue weighted by atomic mass is 16.5. The fourth-order valence-electron chi connectivity index (χ4n) is 2.27. The zero-order chi connectivity index (χ0) is 15.9. The fourth-order valence-corrected chi connectivity index (χ4v) is 2.27. The first-order chi connectivity index (χ1) is 10.7. The maximum atomic E-state index is 12.3. The van der Waals surface area contributed by atoms with Crippen LogP contribution in [-0.4, -0.2) is 13.0 Å². The Morgan fingerprint density at radius 2 is 1.64 bits per heavy atom. The number of benzene rings is 2. The Bertz CT molecular complexity index is 593. The van der Waals surface area contributed by atoms with E-state index in [-0.39, 0.29) is 17.9 Å². The molecule has 2 aromatic rings. The van der Waals surface area contributed by atoms with Crippen molar-refractivity contribution in [2.75, 3.05) is 7.11 Å². The first kappa shape index (κ1) is 16.1. The van der Waals surface area contributed by atoms with E-state index >= 15 is 0 Å². The minimum absolute atomic E-state index is 0.00413. The molecular weight excluding hydrogens is 274 g/mol. The average molecular weight is 297 g/mol. The van der Waals surface area contributed by atoms with Crippen LogP contribution in [-0.2, 0) is 4.79 Å². The first-order valence-corrected chi connectivity index (χ1v) is 7.65. The topological polar surface area (TPSA) is 38.3 Å². The van der Waals surface area contributed by atoms with Crippen LogP contribution in [0.2, 0.25) is 0 Å². The number of carbonyl (C=O) groups excluding carboxylic acids is 1. The van der Waals surface area contributed by atoms with Gasteiger partial charge in [-0.25, -0.2) is 0 Å². The van der Waals surface area contributed by atoms with Crippen molar-refractivity contribution in [3.05, 3.63) is 65.7 Å². The molecule has 0 saturated heterocycles. The summed E-state index contributed by atoms with van der Waals surface area (Å²) < 4.78 is 5.20. The lowest BCUT2D eigenvalue weighted by atomic mass is 9.97. The van der Waals surface area contributed by atoms with E-state index in [1.54, 1.807) is 7.11 Å². The van der Waals surface area contributed by atoms with Crippen LogP contribution in [0.15, 0.2) is 54.6 Å². The second-order valence-corrected chi connectivity index (χ2v) is 5.43. The summed E-state index contributed by atoms with van der Waals surface area (Å²) in [4.78, 5) is 12.3. The van der Waals surface area contributed by atoms with Crippen molar-refractivity contribution >= 4 is 5.91 Å². The molecule has 0 aliphatic heterocycles. The fraction of sp³-hybridized carbons (Fsp3) is 0.316. The Morgan fingerprint density at radius 1 is 1.05 bits per heavy atom. The van der Waals surface area contributed by atoms with Gasteiger partial charge in [0, 0.05) is 5.92 Å². The smallest absolute Gasteiger partial charge is 0.223 e. The van der Waals surface area contributed by atoms with Crippen molar-refractivity contribution in [3.8, 4) is 5.75 Å². The summed E-state index contributed by atoms with van der Waals surface area (Å²) in [6.45, 7) is 3.97. The minimum Gasteiger partial charge on any atom is -0.497 e. The molecule has 0 heterocycles. The summed E-state index contributed by atoms with van der Waals surface area (Å²) in [7, 11) is 1.65.